The minimum absolute atomic E-state index is 0.0264. The first-order chi connectivity index (χ1) is 19.4. The Morgan fingerprint density at radius 1 is 1.07 bits per heavy atom. The summed E-state index contributed by atoms with van der Waals surface area (Å²) in [7, 11) is -1.51. The molecule has 0 radical (unpaired) electrons. The zero-order valence-electron chi connectivity index (χ0n) is 22.5. The molecule has 11 nitrogen and oxygen atoms in total. The third-order valence-corrected chi connectivity index (χ3v) is 9.88. The second kappa shape index (κ2) is 12.6. The molecular weight excluding hydrogens is 554 g/mol. The van der Waals surface area contributed by atoms with Crippen LogP contribution in [0.5, 0.6) is 5.88 Å². The minimum Gasteiger partial charge on any atom is -0.476 e. The molecule has 13 heteroatoms. The number of thiazole rings is 1. The van der Waals surface area contributed by atoms with Crippen LogP contribution in [0.4, 0.5) is 5.13 Å². The van der Waals surface area contributed by atoms with Crippen LogP contribution < -0.4 is 15.4 Å². The zero-order chi connectivity index (χ0) is 28.1. The zero-order valence-corrected chi connectivity index (χ0v) is 24.1. The number of pyridine rings is 1. The van der Waals surface area contributed by atoms with Crippen molar-refractivity contribution in [2.75, 3.05) is 32.1 Å². The molecule has 1 amide bonds. The second-order valence-corrected chi connectivity index (χ2v) is 12.9. The topological polar surface area (TPSA) is 141 Å². The van der Waals surface area contributed by atoms with E-state index < -0.39 is 15.7 Å². The number of aromatic nitrogens is 2. The molecule has 0 saturated heterocycles. The standard InChI is InChI=1S/C27H33N5O6S2/c1-3-36-18-6-7-19(16-18)38-32-24(17-4-8-20(9-5-17)40(34,35)21-10-11-21)25(33)31-27-29-22-12-13-23(30-26(22)39-27)37-15-14-28-2/h4-5,8-9,12-13,18-19,21,28H,3,6-7,10-11,14-16H2,1-2H3,(H,29,31,33)/b32-24+/t18-,19-/m1/s1. The number of fused-ring (bicyclic) bond motifs is 1. The largest absolute Gasteiger partial charge is 0.476 e. The number of nitrogens with zero attached hydrogens (tertiary/aromatic N) is 3. The molecule has 0 unspecified atom stereocenters. The van der Waals surface area contributed by atoms with Gasteiger partial charge in [0.25, 0.3) is 5.91 Å². The monoisotopic (exact) mass is 587 g/mol. The van der Waals surface area contributed by atoms with Crippen LogP contribution in [-0.2, 0) is 24.2 Å². The van der Waals surface area contributed by atoms with Crippen LogP contribution in [0.1, 0.15) is 44.6 Å². The SMILES string of the molecule is CCO[C@@H]1CC[C@@H](O/N=C(/C(=O)Nc2nc3ccc(OCCNC)nc3s2)c2ccc(S(=O)(=O)C3CC3)cc2)C1. The lowest BCUT2D eigenvalue weighted by Crippen LogP contribution is -2.25. The molecule has 2 aromatic heterocycles. The fraction of sp³-hybridized carbons (Fsp3) is 0.481. The molecule has 2 atom stereocenters. The van der Waals surface area contributed by atoms with Gasteiger partial charge in [-0.1, -0.05) is 28.6 Å². The Kier molecular flexibility index (Phi) is 8.94. The Hall–Kier alpha value is -3.13. The molecule has 2 heterocycles. The molecule has 2 aliphatic carbocycles. The molecule has 2 aliphatic rings. The molecule has 2 N–H and O–H groups in total. The van der Waals surface area contributed by atoms with Gasteiger partial charge >= 0.3 is 0 Å². The highest BCUT2D eigenvalue weighted by molar-refractivity contribution is 7.92. The summed E-state index contributed by atoms with van der Waals surface area (Å²) in [5, 5.41) is 10.1. The highest BCUT2D eigenvalue weighted by atomic mass is 32.2. The summed E-state index contributed by atoms with van der Waals surface area (Å²) < 4.78 is 36.6. The number of ether oxygens (including phenoxy) is 2. The van der Waals surface area contributed by atoms with E-state index in [1.165, 1.54) is 23.5 Å². The third kappa shape index (κ3) is 6.77. The Bertz CT molecular complexity index is 1470. The van der Waals surface area contributed by atoms with E-state index in [0.29, 0.717) is 65.9 Å². The average molecular weight is 588 g/mol. The lowest BCUT2D eigenvalue weighted by atomic mass is 10.1. The first-order valence-electron chi connectivity index (χ1n) is 13.4. The summed E-state index contributed by atoms with van der Waals surface area (Å²) in [5.41, 5.74) is 1.09. The predicted octanol–water partition coefficient (Wildman–Crippen LogP) is 3.54. The van der Waals surface area contributed by atoms with E-state index in [1.54, 1.807) is 24.3 Å². The summed E-state index contributed by atoms with van der Waals surface area (Å²) in [6.45, 7) is 3.75. The highest BCUT2D eigenvalue weighted by Gasteiger charge is 2.37. The van der Waals surface area contributed by atoms with Gasteiger partial charge in [0.15, 0.2) is 20.7 Å². The van der Waals surface area contributed by atoms with Crippen molar-refractivity contribution in [1.82, 2.24) is 15.3 Å². The molecule has 3 aromatic rings. The number of carbonyl (C=O) groups excluding carboxylic acids is 1. The van der Waals surface area contributed by atoms with Crippen molar-refractivity contribution in [2.45, 2.75) is 61.4 Å². The maximum Gasteiger partial charge on any atom is 0.280 e. The molecule has 2 saturated carbocycles. The van der Waals surface area contributed by atoms with Crippen molar-refractivity contribution in [3.05, 3.63) is 42.0 Å². The quantitative estimate of drug-likeness (QED) is 0.174. The van der Waals surface area contributed by atoms with Crippen LogP contribution in [0.25, 0.3) is 10.3 Å². The van der Waals surface area contributed by atoms with Crippen molar-refractivity contribution in [1.29, 1.82) is 0 Å². The number of hydrogen-bond acceptors (Lipinski definition) is 11. The van der Waals surface area contributed by atoms with E-state index in [4.69, 9.17) is 14.3 Å². The van der Waals surface area contributed by atoms with E-state index in [2.05, 4.69) is 25.8 Å². The van der Waals surface area contributed by atoms with E-state index in [9.17, 15) is 13.2 Å². The number of amides is 1. The van der Waals surface area contributed by atoms with Crippen LogP contribution in [0.3, 0.4) is 0 Å². The first-order valence-corrected chi connectivity index (χ1v) is 15.8. The van der Waals surface area contributed by atoms with E-state index >= 15 is 0 Å². The van der Waals surface area contributed by atoms with Crippen molar-refractivity contribution < 1.29 is 27.5 Å². The maximum absolute atomic E-state index is 13.5. The van der Waals surface area contributed by atoms with Crippen LogP contribution in [0.2, 0.25) is 0 Å². The molecule has 0 spiro atoms. The van der Waals surface area contributed by atoms with Crippen LogP contribution in [0.15, 0.2) is 46.4 Å². The molecular formula is C27H33N5O6S2. The minimum atomic E-state index is -3.35. The lowest BCUT2D eigenvalue weighted by molar-refractivity contribution is -0.110. The Morgan fingerprint density at radius 2 is 1.85 bits per heavy atom. The Balaban J connectivity index is 1.35. The van der Waals surface area contributed by atoms with Crippen LogP contribution >= 0.6 is 11.3 Å². The second-order valence-electron chi connectivity index (χ2n) is 9.73. The van der Waals surface area contributed by atoms with Gasteiger partial charge in [-0.25, -0.2) is 18.4 Å². The summed E-state index contributed by atoms with van der Waals surface area (Å²) in [5.74, 6) is -0.0511. The molecule has 5 rings (SSSR count). The van der Waals surface area contributed by atoms with Crippen molar-refractivity contribution in [2.24, 2.45) is 5.16 Å². The number of rotatable bonds is 13. The average Bonchev–Trinajstić information content (AvgIpc) is 3.60. The number of benzene rings is 1. The van der Waals surface area contributed by atoms with E-state index in [1.807, 2.05) is 14.0 Å². The van der Waals surface area contributed by atoms with Gasteiger partial charge in [0.2, 0.25) is 5.88 Å². The Labute approximate surface area is 237 Å². The number of hydrogen-bond donors (Lipinski definition) is 2. The Morgan fingerprint density at radius 3 is 2.58 bits per heavy atom. The number of oxime groups is 1. The molecule has 40 heavy (non-hydrogen) atoms. The van der Waals surface area contributed by atoms with Gasteiger partial charge in [-0.3, -0.25) is 10.1 Å². The fourth-order valence-electron chi connectivity index (χ4n) is 4.46. The molecule has 214 valence electrons. The molecule has 1 aromatic carbocycles. The van der Waals surface area contributed by atoms with Crippen molar-refractivity contribution in [3.63, 3.8) is 0 Å². The van der Waals surface area contributed by atoms with Gasteiger partial charge in [0.05, 0.1) is 16.2 Å². The van der Waals surface area contributed by atoms with Gasteiger partial charge < -0.3 is 19.6 Å². The normalized spacial score (nSPS) is 19.6. The summed E-state index contributed by atoms with van der Waals surface area (Å²) >= 11 is 1.22. The first kappa shape index (κ1) is 28.4. The van der Waals surface area contributed by atoms with Gasteiger partial charge in [0.1, 0.15) is 23.1 Å². The van der Waals surface area contributed by atoms with Crippen LogP contribution in [-0.4, -0.2) is 74.3 Å². The smallest absolute Gasteiger partial charge is 0.280 e. The number of anilines is 1. The van der Waals surface area contributed by atoms with E-state index in [0.717, 1.165) is 12.8 Å². The molecule has 2 fully saturated rings. The number of likely N-dealkylation sites (N-methyl/N-ethyl adjacent to an activating group) is 1. The van der Waals surface area contributed by atoms with Gasteiger partial charge in [-0.2, -0.15) is 0 Å². The summed E-state index contributed by atoms with van der Waals surface area (Å²) in [4.78, 5) is 29.1. The number of sulfone groups is 1. The van der Waals surface area contributed by atoms with Crippen molar-refractivity contribution in [3.8, 4) is 5.88 Å². The number of carbonyl (C=O) groups is 1. The van der Waals surface area contributed by atoms with E-state index in [-0.39, 0.29) is 28.1 Å². The maximum atomic E-state index is 13.5. The highest BCUT2D eigenvalue weighted by Crippen LogP contribution is 2.33. The molecule has 0 bridgehead atoms. The van der Waals surface area contributed by atoms with Gasteiger partial charge in [0, 0.05) is 31.2 Å². The lowest BCUT2D eigenvalue weighted by Gasteiger charge is -2.12. The van der Waals surface area contributed by atoms with Gasteiger partial charge in [-0.05, 0) is 57.9 Å². The summed E-state index contributed by atoms with van der Waals surface area (Å²) in [6.07, 6.45) is 3.60. The number of nitrogens with one attached hydrogen (secondary N) is 2. The molecule has 0 aliphatic heterocycles. The van der Waals surface area contributed by atoms with Crippen molar-refractivity contribution >= 4 is 48.3 Å². The van der Waals surface area contributed by atoms with Gasteiger partial charge in [-0.15, -0.1) is 0 Å². The summed E-state index contributed by atoms with van der Waals surface area (Å²) in [6, 6.07) is 9.73. The fourth-order valence-corrected chi connectivity index (χ4v) is 6.94. The van der Waals surface area contributed by atoms with Crippen LogP contribution in [0, 0.1) is 0 Å². The predicted molar refractivity (Wildman–Crippen MR) is 153 cm³/mol. The third-order valence-electron chi connectivity index (χ3n) is 6.72.